The first-order valence-corrected chi connectivity index (χ1v) is 19.8. The fraction of sp³-hybridized carbons (Fsp3) is 0.0182. The van der Waals surface area contributed by atoms with Gasteiger partial charge in [-0.15, -0.1) is 0 Å². The second-order valence-electron chi connectivity index (χ2n) is 15.2. The molecular weight excluding hydrogens is 707 g/mol. The standard InChI is InChI=1S/C55H35NO2/c1-3-14-37(15-4-1)55(49-23-10-7-18-43(49)44-19-8-11-24-50(44)55)38-28-32-47-48-22-13-21-42(54(48)58-52(47)34-38)36-26-29-40(30-27-36)56(39-16-5-2-6-17-39)41-31-33-46-45-20-9-12-25-51(45)57-53(46)35-41/h1-35H. The number of hydrogen-bond acceptors (Lipinski definition) is 3. The zero-order chi connectivity index (χ0) is 38.2. The Morgan fingerprint density at radius 1 is 0.328 bits per heavy atom. The second kappa shape index (κ2) is 12.7. The molecule has 1 aliphatic carbocycles. The van der Waals surface area contributed by atoms with Gasteiger partial charge in [0.2, 0.25) is 0 Å². The van der Waals surface area contributed by atoms with Gasteiger partial charge in [0.25, 0.3) is 0 Å². The Bertz CT molecular complexity index is 3290. The van der Waals surface area contributed by atoms with Crippen molar-refractivity contribution >= 4 is 60.9 Å². The zero-order valence-corrected chi connectivity index (χ0v) is 31.5. The fourth-order valence-corrected chi connectivity index (χ4v) is 9.64. The van der Waals surface area contributed by atoms with Gasteiger partial charge in [-0.1, -0.05) is 158 Å². The van der Waals surface area contributed by atoms with Crippen LogP contribution in [-0.2, 0) is 5.41 Å². The van der Waals surface area contributed by atoms with Gasteiger partial charge in [-0.2, -0.15) is 0 Å². The number of nitrogens with zero attached hydrogens (tertiary/aromatic N) is 1. The van der Waals surface area contributed by atoms with Gasteiger partial charge in [0.05, 0.1) is 5.41 Å². The van der Waals surface area contributed by atoms with Crippen molar-refractivity contribution in [2.45, 2.75) is 5.41 Å². The predicted molar refractivity (Wildman–Crippen MR) is 238 cm³/mol. The Balaban J connectivity index is 0.977. The monoisotopic (exact) mass is 741 g/mol. The number of furan rings is 2. The summed E-state index contributed by atoms with van der Waals surface area (Å²) in [7, 11) is 0. The van der Waals surface area contributed by atoms with Gasteiger partial charge in [0.15, 0.2) is 0 Å². The van der Waals surface area contributed by atoms with Crippen molar-refractivity contribution in [3.8, 4) is 22.3 Å². The van der Waals surface area contributed by atoms with Gasteiger partial charge >= 0.3 is 0 Å². The van der Waals surface area contributed by atoms with Gasteiger partial charge in [-0.3, -0.25) is 0 Å². The highest BCUT2D eigenvalue weighted by Gasteiger charge is 2.46. The van der Waals surface area contributed by atoms with E-state index in [1.165, 1.54) is 33.4 Å². The molecule has 2 heterocycles. The molecule has 11 aromatic rings. The Kier molecular flexibility index (Phi) is 7.14. The number of hydrogen-bond donors (Lipinski definition) is 0. The number of benzene rings is 9. The summed E-state index contributed by atoms with van der Waals surface area (Å²) in [5, 5.41) is 4.45. The lowest BCUT2D eigenvalue weighted by Gasteiger charge is -2.33. The quantitative estimate of drug-likeness (QED) is 0.170. The molecule has 9 aromatic carbocycles. The van der Waals surface area contributed by atoms with Crippen LogP contribution >= 0.6 is 0 Å². The summed E-state index contributed by atoms with van der Waals surface area (Å²) >= 11 is 0. The lowest BCUT2D eigenvalue weighted by atomic mass is 9.67. The molecule has 0 spiro atoms. The maximum atomic E-state index is 6.96. The maximum Gasteiger partial charge on any atom is 0.143 e. The normalized spacial score (nSPS) is 13.0. The molecule has 0 atom stereocenters. The molecule has 272 valence electrons. The molecule has 0 N–H and O–H groups in total. The Morgan fingerprint density at radius 2 is 0.879 bits per heavy atom. The molecule has 0 unspecified atom stereocenters. The zero-order valence-electron chi connectivity index (χ0n) is 31.5. The second-order valence-corrected chi connectivity index (χ2v) is 15.2. The highest BCUT2D eigenvalue weighted by Crippen LogP contribution is 2.56. The van der Waals surface area contributed by atoms with Crippen LogP contribution in [-0.4, -0.2) is 0 Å². The topological polar surface area (TPSA) is 29.5 Å². The van der Waals surface area contributed by atoms with Gasteiger partial charge in [0, 0.05) is 50.2 Å². The molecule has 0 amide bonds. The van der Waals surface area contributed by atoms with Crippen LogP contribution in [0.25, 0.3) is 66.1 Å². The first-order chi connectivity index (χ1) is 28.8. The van der Waals surface area contributed by atoms with Gasteiger partial charge in [-0.25, -0.2) is 0 Å². The third-order valence-electron chi connectivity index (χ3n) is 12.2. The highest BCUT2D eigenvalue weighted by molar-refractivity contribution is 6.10. The van der Waals surface area contributed by atoms with Crippen molar-refractivity contribution in [2.24, 2.45) is 0 Å². The molecule has 0 fully saturated rings. The lowest BCUT2D eigenvalue weighted by molar-refractivity contribution is 0.666. The minimum Gasteiger partial charge on any atom is -0.456 e. The van der Waals surface area contributed by atoms with Crippen molar-refractivity contribution in [3.05, 3.63) is 235 Å². The van der Waals surface area contributed by atoms with E-state index >= 15 is 0 Å². The lowest BCUT2D eigenvalue weighted by Crippen LogP contribution is -2.28. The largest absolute Gasteiger partial charge is 0.456 e. The first-order valence-electron chi connectivity index (χ1n) is 19.8. The van der Waals surface area contributed by atoms with E-state index in [0.717, 1.165) is 72.1 Å². The molecule has 2 aromatic heterocycles. The molecule has 0 saturated heterocycles. The van der Waals surface area contributed by atoms with Crippen LogP contribution in [0.3, 0.4) is 0 Å². The molecule has 0 aliphatic heterocycles. The van der Waals surface area contributed by atoms with Crippen LogP contribution in [0.4, 0.5) is 17.1 Å². The summed E-state index contributed by atoms with van der Waals surface area (Å²) in [5.41, 5.74) is 15.9. The summed E-state index contributed by atoms with van der Waals surface area (Å²) in [5.74, 6) is 0. The average molecular weight is 742 g/mol. The minimum absolute atomic E-state index is 0.486. The molecule has 3 heteroatoms. The summed E-state index contributed by atoms with van der Waals surface area (Å²) in [6.07, 6.45) is 0. The van der Waals surface area contributed by atoms with Crippen molar-refractivity contribution in [2.75, 3.05) is 4.90 Å². The van der Waals surface area contributed by atoms with E-state index in [0.29, 0.717) is 0 Å². The molecule has 1 aliphatic rings. The van der Waals surface area contributed by atoms with Gasteiger partial charge < -0.3 is 13.7 Å². The highest BCUT2D eigenvalue weighted by atomic mass is 16.3. The van der Waals surface area contributed by atoms with Crippen molar-refractivity contribution in [1.82, 2.24) is 0 Å². The van der Waals surface area contributed by atoms with E-state index in [9.17, 15) is 0 Å². The summed E-state index contributed by atoms with van der Waals surface area (Å²) in [4.78, 5) is 2.28. The van der Waals surface area contributed by atoms with Gasteiger partial charge in [0.1, 0.15) is 22.3 Å². The summed E-state index contributed by atoms with van der Waals surface area (Å²) in [6, 6.07) is 76.0. The molecular formula is C55H35NO2. The number of fused-ring (bicyclic) bond motifs is 9. The van der Waals surface area contributed by atoms with Crippen LogP contribution in [0, 0.1) is 0 Å². The Morgan fingerprint density at radius 3 is 1.66 bits per heavy atom. The molecule has 58 heavy (non-hydrogen) atoms. The third kappa shape index (κ3) is 4.74. The van der Waals surface area contributed by atoms with Crippen LogP contribution in [0.5, 0.6) is 0 Å². The van der Waals surface area contributed by atoms with Crippen LogP contribution in [0.15, 0.2) is 221 Å². The molecule has 12 rings (SSSR count). The minimum atomic E-state index is -0.486. The Labute approximate surface area is 335 Å². The number of anilines is 3. The number of rotatable bonds is 6. The first kappa shape index (κ1) is 32.6. The van der Waals surface area contributed by atoms with E-state index in [1.807, 2.05) is 12.1 Å². The van der Waals surface area contributed by atoms with Crippen LogP contribution < -0.4 is 4.90 Å². The van der Waals surface area contributed by atoms with E-state index < -0.39 is 5.41 Å². The van der Waals surface area contributed by atoms with E-state index in [-0.39, 0.29) is 0 Å². The van der Waals surface area contributed by atoms with E-state index in [1.54, 1.807) is 0 Å². The van der Waals surface area contributed by atoms with Crippen molar-refractivity contribution in [1.29, 1.82) is 0 Å². The third-order valence-corrected chi connectivity index (χ3v) is 12.2. The predicted octanol–water partition coefficient (Wildman–Crippen LogP) is 15.0. The van der Waals surface area contributed by atoms with E-state index in [4.69, 9.17) is 8.83 Å². The fourth-order valence-electron chi connectivity index (χ4n) is 9.64. The molecule has 0 saturated carbocycles. The Hall–Kier alpha value is -7.62. The summed E-state index contributed by atoms with van der Waals surface area (Å²) < 4.78 is 13.3. The molecule has 0 bridgehead atoms. The maximum absolute atomic E-state index is 6.96. The molecule has 3 nitrogen and oxygen atoms in total. The summed E-state index contributed by atoms with van der Waals surface area (Å²) in [6.45, 7) is 0. The van der Waals surface area contributed by atoms with E-state index in [2.05, 4.69) is 205 Å². The van der Waals surface area contributed by atoms with Crippen molar-refractivity contribution in [3.63, 3.8) is 0 Å². The number of para-hydroxylation sites is 3. The van der Waals surface area contributed by atoms with Crippen LogP contribution in [0.1, 0.15) is 22.3 Å². The average Bonchev–Trinajstić information content (AvgIpc) is 3.95. The molecule has 0 radical (unpaired) electrons. The SMILES string of the molecule is c1ccc(N(c2ccc(-c3cccc4c3oc3cc(C5(c6ccccc6)c6ccccc6-c6ccccc65)ccc34)cc2)c2ccc3c(c2)oc2ccccc23)cc1. The smallest absolute Gasteiger partial charge is 0.143 e. The van der Waals surface area contributed by atoms with Gasteiger partial charge in [-0.05, 0) is 87.5 Å². The van der Waals surface area contributed by atoms with Crippen LogP contribution in [0.2, 0.25) is 0 Å². The van der Waals surface area contributed by atoms with Crippen molar-refractivity contribution < 1.29 is 8.83 Å².